The minimum atomic E-state index is -4.33. The highest BCUT2D eigenvalue weighted by atomic mass is 32.2. The van der Waals surface area contributed by atoms with Gasteiger partial charge in [0.05, 0.1) is 12.0 Å². The minimum Gasteiger partial charge on any atom is -0.306 e. The third-order valence-corrected chi connectivity index (χ3v) is 4.87. The van der Waals surface area contributed by atoms with Gasteiger partial charge in [0, 0.05) is 18.9 Å². The van der Waals surface area contributed by atoms with Gasteiger partial charge in [-0.15, -0.1) is 0 Å². The fraction of sp³-hybridized carbons (Fsp3) is 0.0625. The van der Waals surface area contributed by atoms with Crippen LogP contribution in [0.4, 0.5) is 8.78 Å². The summed E-state index contributed by atoms with van der Waals surface area (Å²) >= 11 is 0. The molecule has 0 atom stereocenters. The van der Waals surface area contributed by atoms with E-state index in [1.54, 1.807) is 47.6 Å². The van der Waals surface area contributed by atoms with E-state index >= 15 is 0 Å². The van der Waals surface area contributed by atoms with Crippen LogP contribution in [0.1, 0.15) is 5.56 Å². The Morgan fingerprint density at radius 1 is 1.04 bits per heavy atom. The number of hydrogen-bond acceptors (Lipinski definition) is 3. The highest BCUT2D eigenvalue weighted by molar-refractivity contribution is 7.89. The van der Waals surface area contributed by atoms with Crippen molar-refractivity contribution in [1.82, 2.24) is 14.3 Å². The molecule has 24 heavy (non-hydrogen) atoms. The van der Waals surface area contributed by atoms with Gasteiger partial charge in [0.2, 0.25) is 10.0 Å². The molecular weight excluding hydrogens is 336 g/mol. The zero-order chi connectivity index (χ0) is 17.2. The lowest BCUT2D eigenvalue weighted by Crippen LogP contribution is -2.25. The van der Waals surface area contributed by atoms with Crippen LogP contribution in [0.15, 0.2) is 66.1 Å². The van der Waals surface area contributed by atoms with E-state index in [9.17, 15) is 17.2 Å². The number of hydrogen-bond donors (Lipinski definition) is 1. The first-order chi connectivity index (χ1) is 11.5. The number of imidazole rings is 1. The van der Waals surface area contributed by atoms with Crippen LogP contribution in [-0.2, 0) is 16.6 Å². The van der Waals surface area contributed by atoms with Crippen molar-refractivity contribution < 1.29 is 17.2 Å². The molecule has 0 unspecified atom stereocenters. The molecule has 5 nitrogen and oxygen atoms in total. The number of nitrogens with zero attached hydrogens (tertiary/aromatic N) is 2. The summed E-state index contributed by atoms with van der Waals surface area (Å²) in [7, 11) is -4.33. The third kappa shape index (κ3) is 3.19. The quantitative estimate of drug-likeness (QED) is 0.770. The summed E-state index contributed by atoms with van der Waals surface area (Å²) in [5, 5.41) is 0. The van der Waals surface area contributed by atoms with E-state index in [-0.39, 0.29) is 6.54 Å². The van der Waals surface area contributed by atoms with E-state index in [1.807, 2.05) is 0 Å². The molecule has 1 aromatic heterocycles. The molecule has 0 saturated carbocycles. The van der Waals surface area contributed by atoms with Crippen molar-refractivity contribution in [2.24, 2.45) is 0 Å². The molecular formula is C16H13F2N3O2S. The Labute approximate surface area is 137 Å². The molecule has 0 aliphatic carbocycles. The molecule has 1 heterocycles. The summed E-state index contributed by atoms with van der Waals surface area (Å²) in [5.74, 6) is -2.27. The van der Waals surface area contributed by atoms with Crippen molar-refractivity contribution >= 4 is 10.0 Å². The molecule has 0 aliphatic rings. The lowest BCUT2D eigenvalue weighted by Gasteiger charge is -2.12. The average Bonchev–Trinajstić information content (AvgIpc) is 3.07. The molecule has 8 heteroatoms. The van der Waals surface area contributed by atoms with Gasteiger partial charge in [-0.05, 0) is 23.8 Å². The maximum absolute atomic E-state index is 13.7. The van der Waals surface area contributed by atoms with Gasteiger partial charge in [0.25, 0.3) is 0 Å². The molecule has 0 bridgehead atoms. The fourth-order valence-corrected chi connectivity index (χ4v) is 3.44. The molecule has 0 radical (unpaired) electrons. The maximum Gasteiger partial charge on any atom is 0.246 e. The van der Waals surface area contributed by atoms with Crippen LogP contribution in [0, 0.1) is 11.6 Å². The third-order valence-electron chi connectivity index (χ3n) is 3.41. The minimum absolute atomic E-state index is 0.121. The van der Waals surface area contributed by atoms with Crippen LogP contribution in [0.5, 0.6) is 0 Å². The van der Waals surface area contributed by atoms with Crippen LogP contribution in [0.2, 0.25) is 0 Å². The average molecular weight is 349 g/mol. The molecule has 3 rings (SSSR count). The van der Waals surface area contributed by atoms with Gasteiger partial charge in [0.1, 0.15) is 11.6 Å². The second-order valence-corrected chi connectivity index (χ2v) is 6.68. The van der Waals surface area contributed by atoms with E-state index in [0.717, 1.165) is 18.2 Å². The summed E-state index contributed by atoms with van der Waals surface area (Å²) in [6, 6.07) is 9.95. The Balaban J connectivity index is 1.89. The lowest BCUT2D eigenvalue weighted by atomic mass is 10.2. The number of sulfonamides is 1. The number of halogens is 2. The van der Waals surface area contributed by atoms with Crippen LogP contribution in [0.3, 0.4) is 0 Å². The van der Waals surface area contributed by atoms with Crippen molar-refractivity contribution in [2.75, 3.05) is 0 Å². The van der Waals surface area contributed by atoms with Gasteiger partial charge < -0.3 is 4.57 Å². The zero-order valence-corrected chi connectivity index (χ0v) is 13.2. The first-order valence-corrected chi connectivity index (χ1v) is 8.47. The van der Waals surface area contributed by atoms with Crippen LogP contribution in [0.25, 0.3) is 5.69 Å². The first kappa shape index (κ1) is 16.3. The molecule has 0 fully saturated rings. The molecule has 1 N–H and O–H groups in total. The van der Waals surface area contributed by atoms with Crippen molar-refractivity contribution in [3.8, 4) is 5.69 Å². The van der Waals surface area contributed by atoms with Gasteiger partial charge in [-0.1, -0.05) is 24.3 Å². The standard InChI is InChI=1S/C16H13F2N3O2S/c17-13-5-3-6-14(18)16(13)24(22,23)20-10-12-4-1-2-7-15(12)21-9-8-19-11-21/h1-9,11,20H,10H2. The van der Waals surface area contributed by atoms with E-state index in [4.69, 9.17) is 0 Å². The van der Waals surface area contributed by atoms with Gasteiger partial charge in [-0.3, -0.25) is 0 Å². The molecule has 124 valence electrons. The molecule has 2 aromatic carbocycles. The van der Waals surface area contributed by atoms with Crippen molar-refractivity contribution in [3.05, 3.63) is 78.4 Å². The monoisotopic (exact) mass is 349 g/mol. The molecule has 0 spiro atoms. The van der Waals surface area contributed by atoms with Crippen molar-refractivity contribution in [3.63, 3.8) is 0 Å². The van der Waals surface area contributed by atoms with Crippen LogP contribution in [-0.4, -0.2) is 18.0 Å². The van der Waals surface area contributed by atoms with Crippen molar-refractivity contribution in [1.29, 1.82) is 0 Å². The first-order valence-electron chi connectivity index (χ1n) is 6.99. The van der Waals surface area contributed by atoms with E-state index < -0.39 is 26.6 Å². The fourth-order valence-electron chi connectivity index (χ4n) is 2.30. The number of para-hydroxylation sites is 1. The number of rotatable bonds is 5. The Morgan fingerprint density at radius 3 is 2.42 bits per heavy atom. The van der Waals surface area contributed by atoms with E-state index in [2.05, 4.69) is 9.71 Å². The SMILES string of the molecule is O=S(=O)(NCc1ccccc1-n1ccnc1)c1c(F)cccc1F. The Morgan fingerprint density at radius 2 is 1.75 bits per heavy atom. The molecule has 0 aliphatic heterocycles. The summed E-state index contributed by atoms with van der Waals surface area (Å²) in [4.78, 5) is 2.96. The second-order valence-electron chi connectivity index (χ2n) is 4.97. The Hall–Kier alpha value is -2.58. The van der Waals surface area contributed by atoms with E-state index in [1.165, 1.54) is 0 Å². The largest absolute Gasteiger partial charge is 0.306 e. The Kier molecular flexibility index (Phi) is 4.41. The Bertz CT molecular complexity index is 937. The van der Waals surface area contributed by atoms with Crippen LogP contribution >= 0.6 is 0 Å². The molecule has 0 amide bonds. The maximum atomic E-state index is 13.7. The predicted molar refractivity (Wildman–Crippen MR) is 83.9 cm³/mol. The smallest absolute Gasteiger partial charge is 0.246 e. The summed E-state index contributed by atoms with van der Waals surface area (Å²) in [6.45, 7) is -0.121. The number of benzene rings is 2. The highest BCUT2D eigenvalue weighted by Crippen LogP contribution is 2.19. The summed E-state index contributed by atoms with van der Waals surface area (Å²) < 4.78 is 55.8. The molecule has 3 aromatic rings. The summed E-state index contributed by atoms with van der Waals surface area (Å²) in [5.41, 5.74) is 1.35. The highest BCUT2D eigenvalue weighted by Gasteiger charge is 2.23. The van der Waals surface area contributed by atoms with Gasteiger partial charge in [-0.25, -0.2) is 26.9 Å². The topological polar surface area (TPSA) is 64.0 Å². The normalized spacial score (nSPS) is 11.6. The van der Waals surface area contributed by atoms with Gasteiger partial charge in [-0.2, -0.15) is 0 Å². The lowest BCUT2D eigenvalue weighted by molar-refractivity contribution is 0.514. The predicted octanol–water partition coefficient (Wildman–Crippen LogP) is 2.63. The van der Waals surface area contributed by atoms with Gasteiger partial charge in [0.15, 0.2) is 4.90 Å². The second kappa shape index (κ2) is 6.50. The zero-order valence-electron chi connectivity index (χ0n) is 12.4. The van der Waals surface area contributed by atoms with Crippen molar-refractivity contribution in [2.45, 2.75) is 11.4 Å². The summed E-state index contributed by atoms with van der Waals surface area (Å²) in [6.07, 6.45) is 4.88. The molecule has 0 saturated heterocycles. The number of nitrogens with one attached hydrogen (secondary N) is 1. The van der Waals surface area contributed by atoms with E-state index in [0.29, 0.717) is 11.3 Å². The van der Waals surface area contributed by atoms with Gasteiger partial charge >= 0.3 is 0 Å². The van der Waals surface area contributed by atoms with Crippen LogP contribution < -0.4 is 4.72 Å². The number of aromatic nitrogens is 2.